The van der Waals surface area contributed by atoms with E-state index >= 15 is 0 Å². The van der Waals surface area contributed by atoms with Gasteiger partial charge in [-0.2, -0.15) is 0 Å². The fraction of sp³-hybridized carbons (Fsp3) is 1.00. The van der Waals surface area contributed by atoms with Gasteiger partial charge in [-0.1, -0.05) is 41.5 Å². The van der Waals surface area contributed by atoms with Crippen molar-refractivity contribution in [1.29, 1.82) is 0 Å². The first-order chi connectivity index (χ1) is 14.1. The lowest BCUT2D eigenvalue weighted by Crippen LogP contribution is -2.83. The van der Waals surface area contributed by atoms with E-state index in [0.717, 1.165) is 0 Å². The summed E-state index contributed by atoms with van der Waals surface area (Å²) in [4.78, 5) is 0. The van der Waals surface area contributed by atoms with Crippen LogP contribution in [0.3, 0.4) is 0 Å². The van der Waals surface area contributed by atoms with Crippen molar-refractivity contribution in [2.45, 2.75) is 77.8 Å². The Kier molecular flexibility index (Phi) is 7.59. The van der Waals surface area contributed by atoms with Crippen molar-refractivity contribution in [2.24, 2.45) is 0 Å². The van der Waals surface area contributed by atoms with Crippen LogP contribution < -0.4 is 0 Å². The van der Waals surface area contributed by atoms with Gasteiger partial charge >= 0.3 is 52.8 Å². The van der Waals surface area contributed by atoms with Gasteiger partial charge in [-0.3, -0.25) is 0 Å². The predicted octanol–water partition coefficient (Wildman–Crippen LogP) is 3.21. The Morgan fingerprint density at radius 2 is 0.633 bits per heavy atom. The Morgan fingerprint density at radius 3 is 0.833 bits per heavy atom. The van der Waals surface area contributed by atoms with E-state index in [9.17, 15) is 0 Å². The van der Waals surface area contributed by atoms with Crippen LogP contribution in [0.1, 0.15) is 41.5 Å². The van der Waals surface area contributed by atoms with Gasteiger partial charge in [-0.25, -0.2) is 0 Å². The predicted molar refractivity (Wildman–Crippen MR) is 120 cm³/mol. The first-order valence-electron chi connectivity index (χ1n) is 10.9. The highest BCUT2D eigenvalue weighted by Gasteiger charge is 2.77. The molecular formula is C14H36O10Si6. The largest absolute Gasteiger partial charge is 0.485 e. The first kappa shape index (κ1) is 25.5. The fourth-order valence-electron chi connectivity index (χ4n) is 3.80. The van der Waals surface area contributed by atoms with Crippen LogP contribution >= 0.6 is 0 Å². The highest BCUT2D eigenvalue weighted by molar-refractivity contribution is 6.99. The van der Waals surface area contributed by atoms with E-state index in [4.69, 9.17) is 41.8 Å². The molecular weight excluding hydrogens is 497 g/mol. The summed E-state index contributed by atoms with van der Waals surface area (Å²) in [6.07, 6.45) is 0. The molecule has 0 spiro atoms. The van der Waals surface area contributed by atoms with Crippen LogP contribution in [0.2, 0.25) is 36.3 Å². The number of fused-ring (bicyclic) bond motifs is 3. The third-order valence-corrected chi connectivity index (χ3v) is 32.1. The second kappa shape index (κ2) is 8.92. The van der Waals surface area contributed by atoms with E-state index in [1.54, 1.807) is 14.2 Å². The zero-order chi connectivity index (χ0) is 22.3. The van der Waals surface area contributed by atoms with Crippen molar-refractivity contribution in [3.8, 4) is 0 Å². The molecule has 0 saturated carbocycles. The second-order valence-electron chi connectivity index (χ2n) is 7.44. The molecule has 3 aliphatic heterocycles. The van der Waals surface area contributed by atoms with Crippen LogP contribution in [0, 0.1) is 0 Å². The monoisotopic (exact) mass is 532 g/mol. The zero-order valence-corrected chi connectivity index (χ0v) is 25.3. The Morgan fingerprint density at radius 1 is 0.400 bits per heavy atom. The maximum Gasteiger partial charge on any atom is 0.485 e. The summed E-state index contributed by atoms with van der Waals surface area (Å²) in [5.41, 5.74) is 0. The molecule has 176 valence electrons. The van der Waals surface area contributed by atoms with Gasteiger partial charge in [0.1, 0.15) is 0 Å². The van der Waals surface area contributed by atoms with Crippen LogP contribution in [0.25, 0.3) is 0 Å². The molecule has 30 heavy (non-hydrogen) atoms. The first-order valence-corrected chi connectivity index (χ1v) is 22.4. The highest BCUT2D eigenvalue weighted by atomic mass is 28.6. The van der Waals surface area contributed by atoms with Crippen molar-refractivity contribution < 1.29 is 41.8 Å². The second-order valence-corrected chi connectivity index (χ2v) is 27.2. The molecule has 0 aliphatic carbocycles. The third kappa shape index (κ3) is 4.23. The van der Waals surface area contributed by atoms with Crippen LogP contribution in [0.4, 0.5) is 0 Å². The van der Waals surface area contributed by atoms with E-state index in [0.29, 0.717) is 36.3 Å². The minimum atomic E-state index is -3.40. The maximum atomic E-state index is 6.81. The van der Waals surface area contributed by atoms with Crippen LogP contribution in [0.15, 0.2) is 0 Å². The van der Waals surface area contributed by atoms with E-state index in [1.807, 2.05) is 41.5 Å². The lowest BCUT2D eigenvalue weighted by atomic mass is 11.0. The van der Waals surface area contributed by atoms with Gasteiger partial charge in [0.25, 0.3) is 0 Å². The number of rotatable bonds is 8. The highest BCUT2D eigenvalue weighted by Crippen LogP contribution is 2.48. The summed E-state index contributed by atoms with van der Waals surface area (Å²) in [5.74, 6) is 0. The van der Waals surface area contributed by atoms with Gasteiger partial charge in [-0.05, 0) is 0 Å². The van der Waals surface area contributed by atoms with E-state index in [-0.39, 0.29) is 0 Å². The normalized spacial score (nSPS) is 48.8. The molecule has 3 aliphatic rings. The van der Waals surface area contributed by atoms with Gasteiger partial charge < -0.3 is 41.8 Å². The lowest BCUT2D eigenvalue weighted by molar-refractivity contribution is -0.00759. The minimum absolute atomic E-state index is 0.500. The van der Waals surface area contributed by atoms with E-state index in [1.165, 1.54) is 0 Å². The molecule has 0 radical (unpaired) electrons. The summed E-state index contributed by atoms with van der Waals surface area (Å²) >= 11 is 0. The standard InChI is InChI=1S/C14H36O10Si6/c1-9-25(15-7)17-27(11-3)18-26(10-2,16-8)20-29(13-5)22-28(12-4,19-25)23-30(14-6,21-27)24-29/h9-14H2,1-8H3. The van der Waals surface area contributed by atoms with Gasteiger partial charge in [0.2, 0.25) is 0 Å². The molecule has 10 nitrogen and oxygen atoms in total. The van der Waals surface area contributed by atoms with Crippen LogP contribution in [-0.2, 0) is 41.8 Å². The van der Waals surface area contributed by atoms with Crippen molar-refractivity contribution in [3.05, 3.63) is 0 Å². The van der Waals surface area contributed by atoms with Gasteiger partial charge in [0.05, 0.1) is 0 Å². The summed E-state index contributed by atoms with van der Waals surface area (Å²) in [6, 6.07) is 3.23. The van der Waals surface area contributed by atoms with E-state index in [2.05, 4.69) is 0 Å². The zero-order valence-electron chi connectivity index (χ0n) is 19.3. The SMILES string of the molecule is CC[Si]1(OC)O[Si]2(CC)O[Si](CC)(OC)O[Si]3(CC)O[Si](CC)(O1)O[Si](CC)(O2)O3. The van der Waals surface area contributed by atoms with Crippen molar-refractivity contribution in [3.63, 3.8) is 0 Å². The number of hydrogen-bond donors (Lipinski definition) is 0. The van der Waals surface area contributed by atoms with Gasteiger partial charge in [0, 0.05) is 50.5 Å². The lowest BCUT2D eigenvalue weighted by Gasteiger charge is -2.58. The summed E-state index contributed by atoms with van der Waals surface area (Å²) < 4.78 is 65.4. The summed E-state index contributed by atoms with van der Waals surface area (Å²) in [6.45, 7) is 12.0. The molecule has 3 rings (SSSR count). The topological polar surface area (TPSA) is 92.3 Å². The Balaban J connectivity index is 2.28. The molecule has 3 saturated heterocycles. The van der Waals surface area contributed by atoms with Crippen LogP contribution in [-0.4, -0.2) is 67.0 Å². The molecule has 0 aromatic carbocycles. The molecule has 0 aromatic rings. The Labute approximate surface area is 186 Å². The number of hydrogen-bond acceptors (Lipinski definition) is 10. The van der Waals surface area contributed by atoms with E-state index < -0.39 is 52.8 Å². The quantitative estimate of drug-likeness (QED) is 0.434. The molecule has 4 bridgehead atoms. The van der Waals surface area contributed by atoms with Crippen molar-refractivity contribution in [2.75, 3.05) is 14.2 Å². The minimum Gasteiger partial charge on any atom is -0.378 e. The molecule has 3 heterocycles. The molecule has 4 atom stereocenters. The molecule has 16 heteroatoms. The van der Waals surface area contributed by atoms with Crippen molar-refractivity contribution in [1.82, 2.24) is 0 Å². The van der Waals surface area contributed by atoms with Crippen molar-refractivity contribution >= 4 is 52.8 Å². The summed E-state index contributed by atoms with van der Waals surface area (Å²) in [5, 5.41) is 0. The molecule has 0 N–H and O–H groups in total. The Hall–Kier alpha value is 0.901. The van der Waals surface area contributed by atoms with Gasteiger partial charge in [-0.15, -0.1) is 0 Å². The maximum absolute atomic E-state index is 6.81. The molecule has 4 unspecified atom stereocenters. The van der Waals surface area contributed by atoms with Gasteiger partial charge in [0.15, 0.2) is 0 Å². The Bertz CT molecular complexity index is 582. The average Bonchev–Trinajstić information content (AvgIpc) is 2.76. The molecule has 3 fully saturated rings. The molecule has 0 amide bonds. The third-order valence-electron chi connectivity index (χ3n) is 5.71. The smallest absolute Gasteiger partial charge is 0.378 e. The fourth-order valence-corrected chi connectivity index (χ4v) is 37.7. The summed E-state index contributed by atoms with van der Waals surface area (Å²) in [7, 11) is -16.4. The average molecular weight is 533 g/mol. The molecule has 0 aromatic heterocycles. The van der Waals surface area contributed by atoms with Crippen LogP contribution in [0.5, 0.6) is 0 Å².